The largest absolute Gasteiger partial charge is 0.508 e. The van der Waals surface area contributed by atoms with Gasteiger partial charge in [0.2, 0.25) is 0 Å². The van der Waals surface area contributed by atoms with Crippen LogP contribution in [0.15, 0.2) is 18.2 Å². The fourth-order valence-electron chi connectivity index (χ4n) is 2.91. The summed E-state index contributed by atoms with van der Waals surface area (Å²) in [5.74, 6) is 0.943. The Labute approximate surface area is 114 Å². The molecule has 2 nitrogen and oxygen atoms in total. The molecule has 0 aromatic heterocycles. The predicted molar refractivity (Wildman–Crippen MR) is 75.9 cm³/mol. The van der Waals surface area contributed by atoms with Crippen molar-refractivity contribution >= 4 is 11.6 Å². The molecular weight excluding hydrogens is 246 g/mol. The molecule has 0 bridgehead atoms. The second kappa shape index (κ2) is 4.43. The maximum absolute atomic E-state index is 9.75. The molecule has 1 aromatic carbocycles. The maximum atomic E-state index is 9.75. The molecule has 2 rings (SSSR count). The van der Waals surface area contributed by atoms with Gasteiger partial charge >= 0.3 is 0 Å². The summed E-state index contributed by atoms with van der Waals surface area (Å²) >= 11 is 6.07. The van der Waals surface area contributed by atoms with E-state index < -0.39 is 0 Å². The molecule has 1 aromatic rings. The van der Waals surface area contributed by atoms with Gasteiger partial charge in [0.1, 0.15) is 5.75 Å². The molecule has 3 heteroatoms. The fourth-order valence-corrected chi connectivity index (χ4v) is 3.14. The van der Waals surface area contributed by atoms with Crippen molar-refractivity contribution < 1.29 is 5.11 Å². The standard InChI is InChI=1S/C15H22ClNO/c1-14(2)13(15(14,3)4)9-17-8-10-11(16)6-5-7-12(10)18/h5-7,13,17-18H,8-9H2,1-4H3. The van der Waals surface area contributed by atoms with Crippen molar-refractivity contribution in [3.05, 3.63) is 28.8 Å². The van der Waals surface area contributed by atoms with Crippen LogP contribution in [-0.2, 0) is 6.54 Å². The lowest BCUT2D eigenvalue weighted by Crippen LogP contribution is -2.19. The van der Waals surface area contributed by atoms with E-state index in [2.05, 4.69) is 33.0 Å². The Bertz CT molecular complexity index is 420. The summed E-state index contributed by atoms with van der Waals surface area (Å²) in [7, 11) is 0. The van der Waals surface area contributed by atoms with Gasteiger partial charge in [-0.1, -0.05) is 45.4 Å². The van der Waals surface area contributed by atoms with Crippen LogP contribution in [0.4, 0.5) is 0 Å². The van der Waals surface area contributed by atoms with Crippen molar-refractivity contribution in [3.63, 3.8) is 0 Å². The lowest BCUT2D eigenvalue weighted by Gasteiger charge is -2.09. The van der Waals surface area contributed by atoms with E-state index in [0.717, 1.165) is 12.1 Å². The highest BCUT2D eigenvalue weighted by molar-refractivity contribution is 6.31. The number of nitrogens with one attached hydrogen (secondary N) is 1. The molecule has 100 valence electrons. The highest BCUT2D eigenvalue weighted by atomic mass is 35.5. The normalized spacial score (nSPS) is 20.9. The van der Waals surface area contributed by atoms with Gasteiger partial charge in [0.25, 0.3) is 0 Å². The van der Waals surface area contributed by atoms with Gasteiger partial charge in [-0.05, 0) is 35.4 Å². The molecule has 0 atom stereocenters. The second-order valence-electron chi connectivity index (χ2n) is 6.36. The Morgan fingerprint density at radius 1 is 1.22 bits per heavy atom. The SMILES string of the molecule is CC1(C)C(CNCc2c(O)cccc2Cl)C1(C)C. The van der Waals surface area contributed by atoms with Gasteiger partial charge in [-0.2, -0.15) is 0 Å². The van der Waals surface area contributed by atoms with Crippen LogP contribution >= 0.6 is 11.6 Å². The Morgan fingerprint density at radius 2 is 1.83 bits per heavy atom. The van der Waals surface area contributed by atoms with Crippen molar-refractivity contribution in [2.45, 2.75) is 34.2 Å². The number of halogens is 1. The molecule has 1 saturated carbocycles. The number of benzene rings is 1. The number of phenols is 1. The van der Waals surface area contributed by atoms with Crippen LogP contribution in [0.3, 0.4) is 0 Å². The quantitative estimate of drug-likeness (QED) is 0.869. The lowest BCUT2D eigenvalue weighted by atomic mass is 10.0. The van der Waals surface area contributed by atoms with Crippen LogP contribution in [0.25, 0.3) is 0 Å². The molecular formula is C15H22ClNO. The first-order chi connectivity index (χ1) is 8.28. The zero-order chi connectivity index (χ0) is 13.6. The molecule has 1 fully saturated rings. The number of phenolic OH excluding ortho intramolecular Hbond substituents is 1. The molecule has 0 spiro atoms. The minimum absolute atomic E-state index is 0.268. The first-order valence-electron chi connectivity index (χ1n) is 6.45. The Kier molecular flexibility index (Phi) is 3.37. The number of hydrogen-bond donors (Lipinski definition) is 2. The van der Waals surface area contributed by atoms with Gasteiger partial charge in [-0.25, -0.2) is 0 Å². The average Bonchev–Trinajstić information content (AvgIpc) is 2.64. The smallest absolute Gasteiger partial charge is 0.121 e. The van der Waals surface area contributed by atoms with E-state index in [4.69, 9.17) is 11.6 Å². The number of hydrogen-bond acceptors (Lipinski definition) is 2. The second-order valence-corrected chi connectivity index (χ2v) is 6.77. The summed E-state index contributed by atoms with van der Waals surface area (Å²) < 4.78 is 0. The van der Waals surface area contributed by atoms with E-state index in [1.165, 1.54) is 0 Å². The topological polar surface area (TPSA) is 32.3 Å². The molecule has 0 radical (unpaired) electrons. The van der Waals surface area contributed by atoms with E-state index in [1.54, 1.807) is 12.1 Å². The summed E-state index contributed by atoms with van der Waals surface area (Å²) in [5.41, 5.74) is 1.57. The molecule has 0 amide bonds. The third-order valence-corrected chi connectivity index (χ3v) is 5.42. The van der Waals surface area contributed by atoms with Crippen LogP contribution in [0.1, 0.15) is 33.3 Å². The third kappa shape index (κ3) is 2.12. The van der Waals surface area contributed by atoms with E-state index in [-0.39, 0.29) is 5.75 Å². The van der Waals surface area contributed by atoms with Crippen molar-refractivity contribution in [2.24, 2.45) is 16.7 Å². The lowest BCUT2D eigenvalue weighted by molar-refractivity contribution is 0.457. The molecule has 0 heterocycles. The first kappa shape index (κ1) is 13.7. The van der Waals surface area contributed by atoms with Gasteiger partial charge in [0, 0.05) is 17.1 Å². The van der Waals surface area contributed by atoms with E-state index in [1.807, 2.05) is 6.07 Å². The van der Waals surface area contributed by atoms with E-state index in [0.29, 0.717) is 28.3 Å². The average molecular weight is 268 g/mol. The van der Waals surface area contributed by atoms with Crippen LogP contribution in [0.5, 0.6) is 5.75 Å². The summed E-state index contributed by atoms with van der Waals surface area (Å²) in [6, 6.07) is 5.24. The van der Waals surface area contributed by atoms with Crippen molar-refractivity contribution in [3.8, 4) is 5.75 Å². The molecule has 0 unspecified atom stereocenters. The summed E-state index contributed by atoms with van der Waals surface area (Å²) in [4.78, 5) is 0. The molecule has 1 aliphatic carbocycles. The minimum atomic E-state index is 0.268. The summed E-state index contributed by atoms with van der Waals surface area (Å²) in [6.45, 7) is 10.8. The third-order valence-electron chi connectivity index (χ3n) is 5.06. The van der Waals surface area contributed by atoms with Crippen molar-refractivity contribution in [2.75, 3.05) is 6.54 Å². The van der Waals surface area contributed by atoms with E-state index in [9.17, 15) is 5.11 Å². The molecule has 0 aliphatic heterocycles. The summed E-state index contributed by atoms with van der Waals surface area (Å²) in [5, 5.41) is 13.8. The molecule has 18 heavy (non-hydrogen) atoms. The highest BCUT2D eigenvalue weighted by Gasteiger charge is 2.63. The van der Waals surface area contributed by atoms with Gasteiger partial charge in [-0.3, -0.25) is 0 Å². The Morgan fingerprint density at radius 3 is 2.33 bits per heavy atom. The molecule has 1 aliphatic rings. The van der Waals surface area contributed by atoms with Gasteiger partial charge in [-0.15, -0.1) is 0 Å². The predicted octanol–water partition coefficient (Wildman–Crippen LogP) is 3.82. The minimum Gasteiger partial charge on any atom is -0.508 e. The Balaban J connectivity index is 1.91. The van der Waals surface area contributed by atoms with Crippen LogP contribution < -0.4 is 5.32 Å². The monoisotopic (exact) mass is 267 g/mol. The van der Waals surface area contributed by atoms with E-state index >= 15 is 0 Å². The van der Waals surface area contributed by atoms with Crippen LogP contribution in [-0.4, -0.2) is 11.7 Å². The van der Waals surface area contributed by atoms with Gasteiger partial charge in [0.05, 0.1) is 0 Å². The summed E-state index contributed by atoms with van der Waals surface area (Å²) in [6.07, 6.45) is 0. The molecule has 2 N–H and O–H groups in total. The van der Waals surface area contributed by atoms with Crippen molar-refractivity contribution in [1.82, 2.24) is 5.32 Å². The first-order valence-corrected chi connectivity index (χ1v) is 6.83. The van der Waals surface area contributed by atoms with Crippen LogP contribution in [0.2, 0.25) is 5.02 Å². The van der Waals surface area contributed by atoms with Gasteiger partial charge in [0.15, 0.2) is 0 Å². The van der Waals surface area contributed by atoms with Crippen molar-refractivity contribution in [1.29, 1.82) is 0 Å². The van der Waals surface area contributed by atoms with Gasteiger partial charge < -0.3 is 10.4 Å². The highest BCUT2D eigenvalue weighted by Crippen LogP contribution is 2.67. The maximum Gasteiger partial charge on any atom is 0.121 e. The fraction of sp³-hybridized carbons (Fsp3) is 0.600. The molecule has 0 saturated heterocycles. The Hall–Kier alpha value is -0.730. The number of aromatic hydroxyl groups is 1. The van der Waals surface area contributed by atoms with Crippen LogP contribution in [0, 0.1) is 16.7 Å². The zero-order valence-electron chi connectivity index (χ0n) is 11.5. The number of rotatable bonds is 4. The zero-order valence-corrected chi connectivity index (χ0v) is 12.3.